The van der Waals surface area contributed by atoms with Gasteiger partial charge >= 0.3 is 6.03 Å². The molecule has 2 saturated carbocycles. The highest BCUT2D eigenvalue weighted by molar-refractivity contribution is 6.03. The van der Waals surface area contributed by atoms with Crippen LogP contribution in [0.3, 0.4) is 0 Å². The third-order valence-electron chi connectivity index (χ3n) is 4.08. The van der Waals surface area contributed by atoms with Gasteiger partial charge in [0.05, 0.1) is 6.04 Å². The molecule has 1 heterocycles. The van der Waals surface area contributed by atoms with Crippen molar-refractivity contribution < 1.29 is 4.79 Å². The van der Waals surface area contributed by atoms with Crippen molar-refractivity contribution >= 4 is 11.9 Å². The van der Waals surface area contributed by atoms with E-state index in [0.29, 0.717) is 17.8 Å². The lowest BCUT2D eigenvalue weighted by Gasteiger charge is -2.33. The number of amidine groups is 1. The van der Waals surface area contributed by atoms with Crippen LogP contribution in [0.4, 0.5) is 4.79 Å². The number of nitrogens with zero attached hydrogens (tertiary/aromatic N) is 2. The van der Waals surface area contributed by atoms with Crippen LogP contribution < -0.4 is 5.73 Å². The molecule has 1 aliphatic heterocycles. The van der Waals surface area contributed by atoms with Crippen LogP contribution in [0.5, 0.6) is 0 Å². The Balaban J connectivity index is 1.79. The van der Waals surface area contributed by atoms with Gasteiger partial charge in [0.1, 0.15) is 5.84 Å². The topological polar surface area (TPSA) is 58.7 Å². The maximum Gasteiger partial charge on any atom is 0.346 e. The van der Waals surface area contributed by atoms with Gasteiger partial charge in [-0.2, -0.15) is 4.99 Å². The van der Waals surface area contributed by atoms with Crippen LogP contribution in [0.2, 0.25) is 0 Å². The molecule has 4 nitrogen and oxygen atoms in total. The zero-order valence-electron chi connectivity index (χ0n) is 9.56. The maximum absolute atomic E-state index is 11.8. The van der Waals surface area contributed by atoms with Gasteiger partial charge < -0.3 is 10.6 Å². The summed E-state index contributed by atoms with van der Waals surface area (Å²) >= 11 is 0. The molecule has 0 aromatic heterocycles. The van der Waals surface area contributed by atoms with Gasteiger partial charge in [-0.05, 0) is 31.6 Å². The second-order valence-corrected chi connectivity index (χ2v) is 5.30. The standard InChI is InChI=1S/C12H19N3O/c13-11-10(8-4-2-1-3-5-8)15(9-6-7-9)12(16)14-11/h8-10H,1-7H2,(H2,13,14,16). The van der Waals surface area contributed by atoms with Crippen LogP contribution in [-0.4, -0.2) is 28.9 Å². The van der Waals surface area contributed by atoms with Crippen molar-refractivity contribution in [3.63, 3.8) is 0 Å². The molecule has 2 amide bonds. The summed E-state index contributed by atoms with van der Waals surface area (Å²) in [4.78, 5) is 17.7. The minimum Gasteiger partial charge on any atom is -0.385 e. The van der Waals surface area contributed by atoms with E-state index < -0.39 is 0 Å². The highest BCUT2D eigenvalue weighted by Gasteiger charge is 2.46. The van der Waals surface area contributed by atoms with Gasteiger partial charge in [0.25, 0.3) is 0 Å². The molecular weight excluding hydrogens is 202 g/mol. The Morgan fingerprint density at radius 1 is 1.12 bits per heavy atom. The van der Waals surface area contributed by atoms with Gasteiger partial charge in [-0.25, -0.2) is 4.79 Å². The van der Waals surface area contributed by atoms with Crippen molar-refractivity contribution in [1.29, 1.82) is 0 Å². The van der Waals surface area contributed by atoms with Gasteiger partial charge in [0.2, 0.25) is 0 Å². The number of amides is 2. The van der Waals surface area contributed by atoms with Crippen molar-refractivity contribution in [1.82, 2.24) is 4.90 Å². The summed E-state index contributed by atoms with van der Waals surface area (Å²) in [7, 11) is 0. The normalized spacial score (nSPS) is 32.0. The number of carbonyl (C=O) groups excluding carboxylic acids is 1. The van der Waals surface area contributed by atoms with Crippen LogP contribution in [0.25, 0.3) is 0 Å². The number of hydrogen-bond donors (Lipinski definition) is 1. The average Bonchev–Trinajstić information content (AvgIpc) is 3.06. The Morgan fingerprint density at radius 3 is 2.44 bits per heavy atom. The monoisotopic (exact) mass is 221 g/mol. The third kappa shape index (κ3) is 1.60. The fourth-order valence-corrected chi connectivity index (χ4v) is 3.15. The number of hydrogen-bond acceptors (Lipinski definition) is 2. The number of carbonyl (C=O) groups is 1. The van der Waals surface area contributed by atoms with Crippen LogP contribution >= 0.6 is 0 Å². The Hall–Kier alpha value is -1.06. The molecule has 0 radical (unpaired) electrons. The largest absolute Gasteiger partial charge is 0.385 e. The van der Waals surface area contributed by atoms with E-state index in [0.717, 1.165) is 12.8 Å². The van der Waals surface area contributed by atoms with E-state index in [1.807, 2.05) is 4.90 Å². The predicted molar refractivity (Wildman–Crippen MR) is 62.2 cm³/mol. The fraction of sp³-hybridized carbons (Fsp3) is 0.833. The maximum atomic E-state index is 11.8. The molecule has 0 aromatic carbocycles. The van der Waals surface area contributed by atoms with Crippen molar-refractivity contribution in [2.75, 3.05) is 0 Å². The lowest BCUT2D eigenvalue weighted by molar-refractivity contribution is 0.171. The van der Waals surface area contributed by atoms with Crippen LogP contribution in [-0.2, 0) is 0 Å². The molecule has 3 aliphatic rings. The van der Waals surface area contributed by atoms with Crippen LogP contribution in [0.1, 0.15) is 44.9 Å². The predicted octanol–water partition coefficient (Wildman–Crippen LogP) is 1.89. The van der Waals surface area contributed by atoms with E-state index in [4.69, 9.17) is 5.73 Å². The molecule has 2 N–H and O–H groups in total. The SMILES string of the molecule is NC1=NC(=O)N(C2CC2)C1C1CCCCC1. The molecule has 0 spiro atoms. The van der Waals surface area contributed by atoms with Crippen LogP contribution in [0, 0.1) is 5.92 Å². The number of urea groups is 1. The first-order valence-electron chi connectivity index (χ1n) is 6.44. The first-order chi connectivity index (χ1) is 7.77. The molecule has 0 bridgehead atoms. The first kappa shape index (κ1) is 10.1. The second-order valence-electron chi connectivity index (χ2n) is 5.30. The van der Waals surface area contributed by atoms with Crippen molar-refractivity contribution in [2.24, 2.45) is 16.6 Å². The summed E-state index contributed by atoms with van der Waals surface area (Å²) in [6, 6.07) is 0.472. The van der Waals surface area contributed by atoms with E-state index in [1.54, 1.807) is 0 Å². The summed E-state index contributed by atoms with van der Waals surface area (Å²) in [5.41, 5.74) is 5.94. The number of aliphatic imine (C=N–C) groups is 1. The lowest BCUT2D eigenvalue weighted by atomic mass is 9.83. The average molecular weight is 221 g/mol. The van der Waals surface area contributed by atoms with Gasteiger partial charge in [-0.1, -0.05) is 19.3 Å². The lowest BCUT2D eigenvalue weighted by Crippen LogP contribution is -2.47. The summed E-state index contributed by atoms with van der Waals surface area (Å²) in [6.07, 6.45) is 8.57. The molecular formula is C12H19N3O. The van der Waals surface area contributed by atoms with Crippen molar-refractivity contribution in [3.8, 4) is 0 Å². The van der Waals surface area contributed by atoms with Crippen molar-refractivity contribution in [2.45, 2.75) is 57.0 Å². The van der Waals surface area contributed by atoms with Gasteiger partial charge in [-0.3, -0.25) is 0 Å². The van der Waals surface area contributed by atoms with Gasteiger partial charge in [0, 0.05) is 6.04 Å². The van der Waals surface area contributed by atoms with E-state index in [-0.39, 0.29) is 12.1 Å². The Labute approximate surface area is 95.9 Å². The molecule has 1 unspecified atom stereocenters. The molecule has 2 aliphatic carbocycles. The molecule has 3 rings (SSSR count). The highest BCUT2D eigenvalue weighted by atomic mass is 16.2. The Bertz CT molecular complexity index is 329. The van der Waals surface area contributed by atoms with Crippen LogP contribution in [0.15, 0.2) is 4.99 Å². The van der Waals surface area contributed by atoms with Gasteiger partial charge in [0.15, 0.2) is 0 Å². The molecule has 2 fully saturated rings. The minimum atomic E-state index is -0.0874. The van der Waals surface area contributed by atoms with E-state index in [1.165, 1.54) is 32.1 Å². The Kier molecular flexibility index (Phi) is 2.37. The zero-order valence-corrected chi connectivity index (χ0v) is 9.56. The molecule has 0 aromatic rings. The highest BCUT2D eigenvalue weighted by Crippen LogP contribution is 2.38. The first-order valence-corrected chi connectivity index (χ1v) is 6.44. The zero-order chi connectivity index (χ0) is 11.1. The summed E-state index contributed by atoms with van der Waals surface area (Å²) in [6.45, 7) is 0. The molecule has 0 saturated heterocycles. The molecule has 16 heavy (non-hydrogen) atoms. The van der Waals surface area contributed by atoms with E-state index in [2.05, 4.69) is 4.99 Å². The van der Waals surface area contributed by atoms with Crippen molar-refractivity contribution in [3.05, 3.63) is 0 Å². The Morgan fingerprint density at radius 2 is 1.81 bits per heavy atom. The van der Waals surface area contributed by atoms with E-state index in [9.17, 15) is 4.79 Å². The second kappa shape index (κ2) is 3.75. The minimum absolute atomic E-state index is 0.0874. The molecule has 4 heteroatoms. The van der Waals surface area contributed by atoms with E-state index >= 15 is 0 Å². The molecule has 88 valence electrons. The quantitative estimate of drug-likeness (QED) is 0.774. The molecule has 1 atom stereocenters. The summed E-state index contributed by atoms with van der Waals surface area (Å²) < 4.78 is 0. The third-order valence-corrected chi connectivity index (χ3v) is 4.08. The smallest absolute Gasteiger partial charge is 0.346 e. The van der Waals surface area contributed by atoms with Gasteiger partial charge in [-0.15, -0.1) is 0 Å². The number of rotatable bonds is 2. The summed E-state index contributed by atoms with van der Waals surface area (Å²) in [5, 5.41) is 0. The number of nitrogens with two attached hydrogens (primary N) is 1. The summed E-state index contributed by atoms with van der Waals surface area (Å²) in [5.74, 6) is 1.13. The fourth-order valence-electron chi connectivity index (χ4n) is 3.15.